The van der Waals surface area contributed by atoms with Gasteiger partial charge in [0, 0.05) is 34.9 Å². The van der Waals surface area contributed by atoms with Crippen molar-refractivity contribution in [3.8, 4) is 0 Å². The molecular formula is C24H28N2O7. The van der Waals surface area contributed by atoms with Gasteiger partial charge in [0.1, 0.15) is 17.2 Å². The molecule has 2 aromatic heterocycles. The SMILES string of the molecule is CCC(NC(=O)CCc1c(C)c2cc3c(C)coc3c(C)c2oc1=O)C(=O)NCCC(=O)O. The zero-order valence-electron chi connectivity index (χ0n) is 19.2. The van der Waals surface area contributed by atoms with E-state index >= 15 is 0 Å². The molecule has 3 aromatic rings. The van der Waals surface area contributed by atoms with Gasteiger partial charge >= 0.3 is 11.6 Å². The number of furan rings is 1. The number of carbonyl (C=O) groups is 3. The highest BCUT2D eigenvalue weighted by molar-refractivity contribution is 5.99. The van der Waals surface area contributed by atoms with Gasteiger partial charge in [0.05, 0.1) is 12.7 Å². The summed E-state index contributed by atoms with van der Waals surface area (Å²) in [6, 6.07) is 1.16. The monoisotopic (exact) mass is 456 g/mol. The van der Waals surface area contributed by atoms with E-state index in [1.807, 2.05) is 26.8 Å². The number of benzene rings is 1. The zero-order valence-corrected chi connectivity index (χ0v) is 19.2. The molecule has 176 valence electrons. The number of hydrogen-bond donors (Lipinski definition) is 3. The molecule has 2 heterocycles. The van der Waals surface area contributed by atoms with Gasteiger partial charge in [-0.05, 0) is 50.8 Å². The van der Waals surface area contributed by atoms with Gasteiger partial charge in [0.25, 0.3) is 0 Å². The van der Waals surface area contributed by atoms with Crippen molar-refractivity contribution in [3.63, 3.8) is 0 Å². The van der Waals surface area contributed by atoms with Crippen LogP contribution in [0.25, 0.3) is 21.9 Å². The molecule has 0 aliphatic heterocycles. The van der Waals surface area contributed by atoms with Crippen molar-refractivity contribution in [2.24, 2.45) is 0 Å². The largest absolute Gasteiger partial charge is 0.481 e. The molecule has 0 spiro atoms. The smallest absolute Gasteiger partial charge is 0.339 e. The van der Waals surface area contributed by atoms with E-state index in [9.17, 15) is 19.2 Å². The van der Waals surface area contributed by atoms with Crippen molar-refractivity contribution in [2.45, 2.75) is 59.4 Å². The first-order valence-electron chi connectivity index (χ1n) is 10.9. The summed E-state index contributed by atoms with van der Waals surface area (Å²) in [5.74, 6) is -1.84. The fraction of sp³-hybridized carbons (Fsp3) is 0.417. The van der Waals surface area contributed by atoms with E-state index in [0.717, 1.165) is 27.5 Å². The van der Waals surface area contributed by atoms with Crippen molar-refractivity contribution in [1.29, 1.82) is 0 Å². The zero-order chi connectivity index (χ0) is 24.3. The molecule has 0 saturated heterocycles. The van der Waals surface area contributed by atoms with E-state index in [1.54, 1.807) is 13.2 Å². The maximum atomic E-state index is 12.7. The van der Waals surface area contributed by atoms with E-state index in [4.69, 9.17) is 13.9 Å². The Morgan fingerprint density at radius 2 is 1.79 bits per heavy atom. The van der Waals surface area contributed by atoms with Crippen molar-refractivity contribution >= 4 is 39.7 Å². The standard InChI is InChI=1S/C24H28N2O7/c1-5-18(23(30)25-9-8-20(28)29)26-19(27)7-6-15-13(3)17-10-16-12(2)11-32-21(16)14(4)22(17)33-24(15)31/h10-11,18H,5-9H2,1-4H3,(H,25,30)(H,26,27)(H,28,29). The fourth-order valence-electron chi connectivity index (χ4n) is 3.88. The van der Waals surface area contributed by atoms with E-state index in [1.165, 1.54) is 0 Å². The molecule has 1 unspecified atom stereocenters. The van der Waals surface area contributed by atoms with Crippen LogP contribution in [0.1, 0.15) is 48.4 Å². The third-order valence-electron chi connectivity index (χ3n) is 5.84. The second kappa shape index (κ2) is 9.89. The molecule has 3 N–H and O–H groups in total. The lowest BCUT2D eigenvalue weighted by Gasteiger charge is -2.17. The number of carboxylic acids is 1. The number of aryl methyl sites for hydroxylation is 3. The van der Waals surface area contributed by atoms with Gasteiger partial charge in [-0.15, -0.1) is 0 Å². The molecular weight excluding hydrogens is 428 g/mol. The Morgan fingerprint density at radius 3 is 2.45 bits per heavy atom. The van der Waals surface area contributed by atoms with Gasteiger partial charge in [-0.1, -0.05) is 6.92 Å². The van der Waals surface area contributed by atoms with Gasteiger partial charge in [-0.2, -0.15) is 0 Å². The molecule has 0 fully saturated rings. The van der Waals surface area contributed by atoms with E-state index in [-0.39, 0.29) is 31.7 Å². The second-order valence-electron chi connectivity index (χ2n) is 8.13. The molecule has 9 heteroatoms. The van der Waals surface area contributed by atoms with Crippen LogP contribution in [-0.4, -0.2) is 35.5 Å². The molecule has 0 aliphatic rings. The number of rotatable bonds is 9. The number of carbonyl (C=O) groups excluding carboxylic acids is 2. The molecule has 3 rings (SSSR count). The first-order valence-corrected chi connectivity index (χ1v) is 10.9. The predicted molar refractivity (Wildman–Crippen MR) is 122 cm³/mol. The van der Waals surface area contributed by atoms with Crippen LogP contribution in [0.2, 0.25) is 0 Å². The second-order valence-corrected chi connectivity index (χ2v) is 8.13. The Labute approximate surface area is 190 Å². The molecule has 1 atom stereocenters. The maximum Gasteiger partial charge on any atom is 0.339 e. The van der Waals surface area contributed by atoms with Gasteiger partial charge in [0.15, 0.2) is 0 Å². The van der Waals surface area contributed by atoms with Gasteiger partial charge in [-0.3, -0.25) is 14.4 Å². The van der Waals surface area contributed by atoms with Crippen LogP contribution in [0.5, 0.6) is 0 Å². The number of fused-ring (bicyclic) bond motifs is 2. The average Bonchev–Trinajstić information content (AvgIpc) is 3.13. The van der Waals surface area contributed by atoms with Crippen LogP contribution in [0, 0.1) is 20.8 Å². The number of hydrogen-bond acceptors (Lipinski definition) is 6. The lowest BCUT2D eigenvalue weighted by Crippen LogP contribution is -2.46. The van der Waals surface area contributed by atoms with Crippen LogP contribution < -0.4 is 16.3 Å². The Balaban J connectivity index is 1.75. The first kappa shape index (κ1) is 24.0. The van der Waals surface area contributed by atoms with Crippen LogP contribution in [0.3, 0.4) is 0 Å². The average molecular weight is 456 g/mol. The molecule has 33 heavy (non-hydrogen) atoms. The Bertz CT molecular complexity index is 1290. The van der Waals surface area contributed by atoms with Crippen molar-refractivity contribution in [1.82, 2.24) is 10.6 Å². The van der Waals surface area contributed by atoms with Crippen molar-refractivity contribution < 1.29 is 28.3 Å². The van der Waals surface area contributed by atoms with E-state index < -0.39 is 23.5 Å². The number of amides is 2. The minimum atomic E-state index is -1.02. The minimum absolute atomic E-state index is 0.00196. The predicted octanol–water partition coefficient (Wildman–Crippen LogP) is 2.88. The van der Waals surface area contributed by atoms with Crippen LogP contribution in [0.4, 0.5) is 0 Å². The molecule has 0 saturated carbocycles. The molecule has 0 radical (unpaired) electrons. The van der Waals surface area contributed by atoms with Crippen LogP contribution in [-0.2, 0) is 20.8 Å². The van der Waals surface area contributed by atoms with Crippen LogP contribution in [0.15, 0.2) is 26.0 Å². The normalized spacial score (nSPS) is 12.1. The highest BCUT2D eigenvalue weighted by atomic mass is 16.4. The summed E-state index contributed by atoms with van der Waals surface area (Å²) in [5.41, 5.74) is 3.54. The molecule has 2 amide bonds. The minimum Gasteiger partial charge on any atom is -0.481 e. The summed E-state index contributed by atoms with van der Waals surface area (Å²) in [7, 11) is 0. The summed E-state index contributed by atoms with van der Waals surface area (Å²) in [5, 5.41) is 15.5. The Morgan fingerprint density at radius 1 is 1.06 bits per heavy atom. The number of aliphatic carboxylic acids is 1. The number of nitrogens with one attached hydrogen (secondary N) is 2. The van der Waals surface area contributed by atoms with Crippen molar-refractivity contribution in [3.05, 3.63) is 45.0 Å². The highest BCUT2D eigenvalue weighted by Gasteiger charge is 2.21. The molecule has 9 nitrogen and oxygen atoms in total. The Kier molecular flexibility index (Phi) is 7.20. The third kappa shape index (κ3) is 5.08. The van der Waals surface area contributed by atoms with Gasteiger partial charge in [0.2, 0.25) is 11.8 Å². The van der Waals surface area contributed by atoms with Gasteiger partial charge in [-0.25, -0.2) is 4.79 Å². The third-order valence-corrected chi connectivity index (χ3v) is 5.84. The fourth-order valence-corrected chi connectivity index (χ4v) is 3.88. The highest BCUT2D eigenvalue weighted by Crippen LogP contribution is 2.32. The lowest BCUT2D eigenvalue weighted by atomic mass is 9.98. The van der Waals surface area contributed by atoms with E-state index in [2.05, 4.69) is 10.6 Å². The molecule has 0 bridgehead atoms. The lowest BCUT2D eigenvalue weighted by molar-refractivity contribution is -0.137. The van der Waals surface area contributed by atoms with Crippen LogP contribution >= 0.6 is 0 Å². The Hall–Kier alpha value is -3.62. The molecule has 0 aliphatic carbocycles. The topological polar surface area (TPSA) is 139 Å². The maximum absolute atomic E-state index is 12.7. The summed E-state index contributed by atoms with van der Waals surface area (Å²) < 4.78 is 11.2. The summed E-state index contributed by atoms with van der Waals surface area (Å²) >= 11 is 0. The summed E-state index contributed by atoms with van der Waals surface area (Å²) in [6.07, 6.45) is 1.98. The quantitative estimate of drug-likeness (QED) is 0.421. The van der Waals surface area contributed by atoms with Crippen molar-refractivity contribution in [2.75, 3.05) is 6.54 Å². The summed E-state index contributed by atoms with van der Waals surface area (Å²) in [4.78, 5) is 47.9. The first-order chi connectivity index (χ1) is 15.6. The summed E-state index contributed by atoms with van der Waals surface area (Å²) in [6.45, 7) is 7.34. The molecule has 1 aromatic carbocycles. The number of carboxylic acid groups (broad SMARTS) is 1. The van der Waals surface area contributed by atoms with Gasteiger partial charge < -0.3 is 24.6 Å². The van der Waals surface area contributed by atoms with E-state index in [0.29, 0.717) is 23.2 Å².